The van der Waals surface area contributed by atoms with Crippen molar-refractivity contribution in [3.05, 3.63) is 156 Å². The van der Waals surface area contributed by atoms with Gasteiger partial charge in [0.15, 0.2) is 0 Å². The molecule has 288 valence electrons. The van der Waals surface area contributed by atoms with Gasteiger partial charge in [0.2, 0.25) is 0 Å². The molecule has 0 atom stereocenters. The van der Waals surface area contributed by atoms with E-state index in [1.165, 1.54) is 98.2 Å². The van der Waals surface area contributed by atoms with E-state index in [2.05, 4.69) is 118 Å². The number of carbonyl (C=O) groups excluding carboxylic acids is 1. The third-order valence-electron chi connectivity index (χ3n) is 8.69. The zero-order valence-electron chi connectivity index (χ0n) is 30.5. The molecule has 10 nitrogen and oxygen atoms in total. The fourth-order valence-electron chi connectivity index (χ4n) is 6.16. The number of pyridine rings is 4. The second-order valence-electron chi connectivity index (χ2n) is 12.4. The molecule has 2 aromatic carbocycles. The van der Waals surface area contributed by atoms with Gasteiger partial charge in [-0.25, -0.2) is 14.4 Å². The summed E-state index contributed by atoms with van der Waals surface area (Å²) in [5.41, 5.74) is 9.84. The van der Waals surface area contributed by atoms with E-state index in [1.807, 2.05) is 12.1 Å². The van der Waals surface area contributed by atoms with Crippen LogP contribution in [-0.4, -0.2) is 42.6 Å². The number of rotatable bonds is 7. The van der Waals surface area contributed by atoms with Crippen LogP contribution in [0.4, 0.5) is 4.39 Å². The maximum absolute atomic E-state index is 13.6. The molecule has 5 heterocycles. The number of ether oxygens (including phenoxy) is 1. The van der Waals surface area contributed by atoms with Gasteiger partial charge in [0.05, 0.1) is 28.3 Å². The smallest absolute Gasteiger partial charge is 0.753 e. The van der Waals surface area contributed by atoms with Gasteiger partial charge in [-0.3, -0.25) is 24.7 Å². The fourth-order valence-corrected chi connectivity index (χ4v) is 7.16. The number of benzene rings is 2. The Labute approximate surface area is 361 Å². The average molecular weight is 910 g/mol. The van der Waals surface area contributed by atoms with E-state index in [1.54, 1.807) is 17.5 Å². The number of thiocyanates is 1. The van der Waals surface area contributed by atoms with E-state index in [9.17, 15) is 14.0 Å². The van der Waals surface area contributed by atoms with Crippen molar-refractivity contribution in [1.29, 1.82) is 5.26 Å². The molecular weight excluding hydrogens is 881 g/mol. The molecule has 0 unspecified atom stereocenters. The van der Waals surface area contributed by atoms with Crippen LogP contribution in [0.3, 0.4) is 0 Å². The van der Waals surface area contributed by atoms with Crippen LogP contribution in [0.2, 0.25) is 0 Å². The van der Waals surface area contributed by atoms with E-state index in [4.69, 9.17) is 15.8 Å². The molecule has 0 aliphatic heterocycles. The predicted molar refractivity (Wildman–Crippen MR) is 224 cm³/mol. The number of carboxylic acid groups (broad SMARTS) is 1. The van der Waals surface area contributed by atoms with Crippen LogP contribution >= 0.6 is 23.6 Å². The molecule has 0 radical (unpaired) electrons. The molecule has 1 aliphatic rings. The number of thiophene rings is 1. The number of carboxylic acids is 1. The van der Waals surface area contributed by atoms with E-state index < -0.39 is 5.97 Å². The first-order valence-corrected chi connectivity index (χ1v) is 18.4. The number of carbonyl (C=O) groups is 2. The molecule has 0 bridgehead atoms. The van der Waals surface area contributed by atoms with Gasteiger partial charge < -0.3 is 27.9 Å². The van der Waals surface area contributed by atoms with Gasteiger partial charge >= 0.3 is 25.4 Å². The summed E-state index contributed by atoms with van der Waals surface area (Å²) in [6, 6.07) is 32.4. The summed E-state index contributed by atoms with van der Waals surface area (Å²) in [5, 5.41) is 25.8. The number of isothiocyanates is 1. The Morgan fingerprint density at radius 1 is 0.810 bits per heavy atom. The normalized spacial score (nSPS) is 11.0. The molecule has 8 rings (SSSR count). The Balaban J connectivity index is 0.000000252. The van der Waals surface area contributed by atoms with E-state index in [0.29, 0.717) is 35.0 Å². The van der Waals surface area contributed by atoms with Crippen LogP contribution in [-0.2, 0) is 42.3 Å². The Kier molecular flexibility index (Phi) is 15.9. The number of nitriles is 1. The van der Waals surface area contributed by atoms with Crippen molar-refractivity contribution < 1.29 is 43.3 Å². The number of fused-ring (bicyclic) bond motifs is 3. The number of aromatic carboxylic acids is 1. The average Bonchev–Trinajstić information content (AvgIpc) is 3.80. The largest absolute Gasteiger partial charge is 2.00 e. The molecule has 15 heteroatoms. The van der Waals surface area contributed by atoms with Crippen molar-refractivity contribution in [1.82, 2.24) is 19.9 Å². The van der Waals surface area contributed by atoms with E-state index in [0.717, 1.165) is 10.4 Å². The second kappa shape index (κ2) is 20.8. The second-order valence-corrected chi connectivity index (χ2v) is 13.8. The Hall–Kier alpha value is -6.26. The zero-order valence-corrected chi connectivity index (χ0v) is 34.7. The molecule has 5 aromatic heterocycles. The van der Waals surface area contributed by atoms with Gasteiger partial charge in [-0.05, 0) is 88.0 Å². The zero-order chi connectivity index (χ0) is 41.0. The maximum atomic E-state index is 13.6. The summed E-state index contributed by atoms with van der Waals surface area (Å²) < 4.78 is 18.3. The van der Waals surface area contributed by atoms with Crippen molar-refractivity contribution in [2.75, 3.05) is 0 Å². The minimum Gasteiger partial charge on any atom is -0.753 e. The first kappa shape index (κ1) is 44.5. The summed E-state index contributed by atoms with van der Waals surface area (Å²) in [4.78, 5) is 40.2. The third kappa shape index (κ3) is 10.6. The van der Waals surface area contributed by atoms with Crippen molar-refractivity contribution in [3.8, 4) is 65.9 Å². The summed E-state index contributed by atoms with van der Waals surface area (Å²) in [6.45, 7) is 4.92. The van der Waals surface area contributed by atoms with Crippen LogP contribution in [0.25, 0.3) is 60.2 Å². The topological polar surface area (TPSA) is 161 Å². The van der Waals surface area contributed by atoms with Crippen molar-refractivity contribution in [2.45, 2.75) is 19.3 Å². The first-order chi connectivity index (χ1) is 27.5. The first-order valence-electron chi connectivity index (χ1n) is 16.8. The maximum Gasteiger partial charge on any atom is 2.00 e. The minimum absolute atomic E-state index is 0. The Bertz CT molecular complexity index is 2640. The number of aromatic nitrogens is 4. The molecule has 58 heavy (non-hydrogen) atoms. The predicted octanol–water partition coefficient (Wildman–Crippen LogP) is 10.0. The van der Waals surface area contributed by atoms with Gasteiger partial charge in [0.25, 0.3) is 6.47 Å². The van der Waals surface area contributed by atoms with Crippen LogP contribution in [0.5, 0.6) is 5.75 Å². The molecular formula is C43H29FN6O4RuS3. The molecule has 1 N–H and O–H groups in total. The molecule has 0 saturated carbocycles. The van der Waals surface area contributed by atoms with Crippen LogP contribution in [0, 0.1) is 16.5 Å². The number of hydrogen-bond acceptors (Lipinski definition) is 11. The van der Waals surface area contributed by atoms with Crippen LogP contribution in [0.15, 0.2) is 128 Å². The van der Waals surface area contributed by atoms with E-state index in [-0.39, 0.29) is 36.3 Å². The summed E-state index contributed by atoms with van der Waals surface area (Å²) in [7, 11) is 0. The van der Waals surface area contributed by atoms with Gasteiger partial charge in [-0.1, -0.05) is 67.9 Å². The summed E-state index contributed by atoms with van der Waals surface area (Å²) >= 11 is 9.15. The number of hydrogen-bond donors (Lipinski definition) is 1. The minimum atomic E-state index is -1.04. The number of halogens is 1. The number of nitrogens with zero attached hydrogens (tertiary/aromatic N) is 6. The van der Waals surface area contributed by atoms with Gasteiger partial charge in [-0.2, -0.15) is 5.16 Å². The SMILES string of the molecule is CC1(C)c2ccccc2-c2ccc(-c3ccc(-c4ccnc(-c5cc(F)ccn5)c4)s3)cc21.N#C[S-].O=COc1ccnc(-c2cc(C(=O)O)ccn2)c1.[N-]=C=S.[Ru+2]. The molecule has 0 fully saturated rings. The van der Waals surface area contributed by atoms with Gasteiger partial charge in [0, 0.05) is 52.1 Å². The van der Waals surface area contributed by atoms with Crippen LogP contribution in [0.1, 0.15) is 35.3 Å². The molecule has 0 saturated heterocycles. The Morgan fingerprint density at radius 2 is 1.34 bits per heavy atom. The van der Waals surface area contributed by atoms with Crippen molar-refractivity contribution in [2.24, 2.45) is 0 Å². The quantitative estimate of drug-likeness (QED) is 0.0405. The fraction of sp³-hybridized carbons (Fsp3) is 0.0698. The van der Waals surface area contributed by atoms with Gasteiger partial charge in [-0.15, -0.1) is 11.3 Å². The molecule has 0 amide bonds. The van der Waals surface area contributed by atoms with Gasteiger partial charge in [0.1, 0.15) is 11.6 Å². The molecule has 7 aromatic rings. The van der Waals surface area contributed by atoms with Crippen molar-refractivity contribution in [3.63, 3.8) is 0 Å². The summed E-state index contributed by atoms with van der Waals surface area (Å²) in [6.07, 6.45) is 6.05. The standard InChI is InChI=1S/C29H21FN2S.C12H8N2O4.CHNS.CNS.Ru/c1-29(2)23-6-4-3-5-21(23)22-8-7-18(15-24(22)29)27-9-10-28(33-27)19-11-13-31-25(16-19)26-17-20(30)12-14-32-26;15-7-18-9-2-4-14-11(6-9)10-5-8(12(16)17)1-3-13-10;2*2-1-3;/h3-17H,1-2H3;1-7H,(H,16,17);3H;;/q;;;-1;+2/p-1. The molecule has 0 spiro atoms. The summed E-state index contributed by atoms with van der Waals surface area (Å²) in [5.74, 6) is -1.04. The van der Waals surface area contributed by atoms with Crippen molar-refractivity contribution >= 4 is 53.8 Å². The van der Waals surface area contributed by atoms with E-state index >= 15 is 0 Å². The monoisotopic (exact) mass is 910 g/mol. The third-order valence-corrected chi connectivity index (χ3v) is 9.87. The number of thiocarbonyl (C=S) groups is 1. The van der Waals surface area contributed by atoms with Crippen LogP contribution < -0.4 is 4.74 Å². The molecule has 1 aliphatic carbocycles. The Morgan fingerprint density at radius 3 is 1.98 bits per heavy atom.